The molecule has 0 bridgehead atoms. The molecule has 3 heterocycles. The lowest BCUT2D eigenvalue weighted by molar-refractivity contribution is 0.0550. The molecule has 2 atom stereocenters. The van der Waals surface area contributed by atoms with E-state index in [-0.39, 0.29) is 0 Å². The zero-order chi connectivity index (χ0) is 14.9. The van der Waals surface area contributed by atoms with E-state index in [1.165, 1.54) is 5.56 Å². The van der Waals surface area contributed by atoms with E-state index in [1.807, 2.05) is 30.3 Å². The SMILES string of the molecule is N#Cc1ccc2c(c1)[C@@H]1CCCN(Cc3ccco3)[C@H]1CO2. The molecule has 0 amide bonds. The lowest BCUT2D eigenvalue weighted by atomic mass is 9.81. The Morgan fingerprint density at radius 3 is 3.09 bits per heavy atom. The van der Waals surface area contributed by atoms with Gasteiger partial charge in [0, 0.05) is 11.5 Å². The molecule has 1 fully saturated rings. The summed E-state index contributed by atoms with van der Waals surface area (Å²) in [5, 5.41) is 9.14. The van der Waals surface area contributed by atoms with Crippen molar-refractivity contribution >= 4 is 0 Å². The lowest BCUT2D eigenvalue weighted by Crippen LogP contribution is -2.48. The van der Waals surface area contributed by atoms with Gasteiger partial charge < -0.3 is 9.15 Å². The predicted molar refractivity (Wildman–Crippen MR) is 81.5 cm³/mol. The molecule has 0 unspecified atom stereocenters. The van der Waals surface area contributed by atoms with Crippen molar-refractivity contribution in [3.05, 3.63) is 53.5 Å². The second-order valence-electron chi connectivity index (χ2n) is 6.04. The van der Waals surface area contributed by atoms with Crippen LogP contribution in [0.3, 0.4) is 0 Å². The monoisotopic (exact) mass is 294 g/mol. The molecular weight excluding hydrogens is 276 g/mol. The maximum Gasteiger partial charge on any atom is 0.123 e. The van der Waals surface area contributed by atoms with E-state index in [2.05, 4.69) is 11.0 Å². The topological polar surface area (TPSA) is 49.4 Å². The van der Waals surface area contributed by atoms with Crippen molar-refractivity contribution in [3.8, 4) is 11.8 Å². The van der Waals surface area contributed by atoms with E-state index in [9.17, 15) is 0 Å². The lowest BCUT2D eigenvalue weighted by Gasteiger charge is -2.44. The second-order valence-corrected chi connectivity index (χ2v) is 6.04. The number of hydrogen-bond acceptors (Lipinski definition) is 4. The normalized spacial score (nSPS) is 24.0. The van der Waals surface area contributed by atoms with E-state index in [0.717, 1.165) is 37.4 Å². The zero-order valence-electron chi connectivity index (χ0n) is 12.4. The van der Waals surface area contributed by atoms with Gasteiger partial charge in [0.2, 0.25) is 0 Å². The van der Waals surface area contributed by atoms with Gasteiger partial charge in [0.25, 0.3) is 0 Å². The number of nitriles is 1. The number of likely N-dealkylation sites (tertiary alicyclic amines) is 1. The Bertz CT molecular complexity index is 702. The van der Waals surface area contributed by atoms with Crippen LogP contribution in [0.5, 0.6) is 5.75 Å². The van der Waals surface area contributed by atoms with E-state index >= 15 is 0 Å². The summed E-state index contributed by atoms with van der Waals surface area (Å²) in [6.45, 7) is 2.60. The maximum absolute atomic E-state index is 9.14. The van der Waals surface area contributed by atoms with Gasteiger partial charge in [-0.2, -0.15) is 5.26 Å². The fourth-order valence-corrected chi connectivity index (χ4v) is 3.72. The standard InChI is InChI=1S/C18H18N2O2/c19-10-13-5-6-18-16(9-13)15-4-1-7-20(17(15)12-22-18)11-14-3-2-8-21-14/h2-3,5-6,8-9,15,17H,1,4,7,11-12H2/t15-,17-/m0/s1. The molecule has 0 aliphatic carbocycles. The van der Waals surface area contributed by atoms with Crippen molar-refractivity contribution in [2.24, 2.45) is 0 Å². The van der Waals surface area contributed by atoms with Crippen LogP contribution in [0, 0.1) is 11.3 Å². The fourth-order valence-electron chi connectivity index (χ4n) is 3.72. The number of fused-ring (bicyclic) bond motifs is 3. The summed E-state index contributed by atoms with van der Waals surface area (Å²) in [6.07, 6.45) is 4.05. The highest BCUT2D eigenvalue weighted by molar-refractivity contribution is 5.46. The Hall–Kier alpha value is -2.25. The molecule has 0 spiro atoms. The van der Waals surface area contributed by atoms with Crippen molar-refractivity contribution in [2.75, 3.05) is 13.2 Å². The summed E-state index contributed by atoms with van der Waals surface area (Å²) in [5.74, 6) is 2.39. The van der Waals surface area contributed by atoms with Crippen LogP contribution in [0.25, 0.3) is 0 Å². The number of piperidine rings is 1. The van der Waals surface area contributed by atoms with Crippen molar-refractivity contribution < 1.29 is 9.15 Å². The van der Waals surface area contributed by atoms with Gasteiger partial charge in [0.15, 0.2) is 0 Å². The van der Waals surface area contributed by atoms with Gasteiger partial charge >= 0.3 is 0 Å². The maximum atomic E-state index is 9.14. The minimum Gasteiger partial charge on any atom is -0.492 e. The minimum absolute atomic E-state index is 0.361. The van der Waals surface area contributed by atoms with Crippen LogP contribution in [-0.4, -0.2) is 24.1 Å². The third kappa shape index (κ3) is 2.28. The van der Waals surface area contributed by atoms with Crippen molar-refractivity contribution in [1.29, 1.82) is 5.26 Å². The second kappa shape index (κ2) is 5.51. The summed E-state index contributed by atoms with van der Waals surface area (Å²) in [5.41, 5.74) is 1.91. The first-order valence-electron chi connectivity index (χ1n) is 7.78. The largest absolute Gasteiger partial charge is 0.492 e. The molecule has 1 aromatic heterocycles. The van der Waals surface area contributed by atoms with Crippen molar-refractivity contribution in [2.45, 2.75) is 31.3 Å². The third-order valence-corrected chi connectivity index (χ3v) is 4.78. The predicted octanol–water partition coefficient (Wildman–Crippen LogP) is 3.29. The fraction of sp³-hybridized carbons (Fsp3) is 0.389. The Morgan fingerprint density at radius 1 is 1.32 bits per heavy atom. The molecule has 112 valence electrons. The highest BCUT2D eigenvalue weighted by Gasteiger charge is 2.37. The van der Waals surface area contributed by atoms with E-state index in [0.29, 0.717) is 24.1 Å². The van der Waals surface area contributed by atoms with Gasteiger partial charge in [-0.1, -0.05) is 0 Å². The molecule has 2 aliphatic heterocycles. The summed E-state index contributed by atoms with van der Waals surface area (Å²) in [4.78, 5) is 2.45. The molecular formula is C18H18N2O2. The highest BCUT2D eigenvalue weighted by Crippen LogP contribution is 2.41. The summed E-state index contributed by atoms with van der Waals surface area (Å²) < 4.78 is 11.5. The summed E-state index contributed by atoms with van der Waals surface area (Å²) in [6, 6.07) is 12.3. The van der Waals surface area contributed by atoms with Gasteiger partial charge in [0.05, 0.1) is 30.5 Å². The van der Waals surface area contributed by atoms with Crippen LogP contribution in [0.15, 0.2) is 41.0 Å². The Balaban J connectivity index is 1.63. The molecule has 2 aromatic rings. The molecule has 4 rings (SSSR count). The minimum atomic E-state index is 0.361. The Labute approximate surface area is 129 Å². The van der Waals surface area contributed by atoms with Crippen molar-refractivity contribution in [1.82, 2.24) is 4.90 Å². The molecule has 1 saturated heterocycles. The number of benzene rings is 1. The van der Waals surface area contributed by atoms with Gasteiger partial charge in [-0.05, 0) is 49.7 Å². The molecule has 0 radical (unpaired) electrons. The number of ether oxygens (including phenoxy) is 1. The number of nitrogens with zero attached hydrogens (tertiary/aromatic N) is 2. The van der Waals surface area contributed by atoms with Crippen LogP contribution < -0.4 is 4.74 Å². The summed E-state index contributed by atoms with van der Waals surface area (Å²) >= 11 is 0. The molecule has 2 aliphatic rings. The van der Waals surface area contributed by atoms with E-state index in [4.69, 9.17) is 14.4 Å². The van der Waals surface area contributed by atoms with Crippen LogP contribution >= 0.6 is 0 Å². The highest BCUT2D eigenvalue weighted by atomic mass is 16.5. The van der Waals surface area contributed by atoms with Crippen LogP contribution in [0.1, 0.15) is 35.6 Å². The van der Waals surface area contributed by atoms with E-state index < -0.39 is 0 Å². The molecule has 0 saturated carbocycles. The molecule has 22 heavy (non-hydrogen) atoms. The van der Waals surface area contributed by atoms with Crippen LogP contribution in [-0.2, 0) is 6.54 Å². The number of hydrogen-bond donors (Lipinski definition) is 0. The quantitative estimate of drug-likeness (QED) is 0.852. The third-order valence-electron chi connectivity index (χ3n) is 4.78. The first-order valence-corrected chi connectivity index (χ1v) is 7.78. The van der Waals surface area contributed by atoms with Gasteiger partial charge in [0.1, 0.15) is 18.1 Å². The van der Waals surface area contributed by atoms with Crippen molar-refractivity contribution in [3.63, 3.8) is 0 Å². The van der Waals surface area contributed by atoms with Gasteiger partial charge in [-0.15, -0.1) is 0 Å². The zero-order valence-corrected chi connectivity index (χ0v) is 12.4. The first kappa shape index (κ1) is 13.4. The average molecular weight is 294 g/mol. The van der Waals surface area contributed by atoms with Crippen LogP contribution in [0.2, 0.25) is 0 Å². The Morgan fingerprint density at radius 2 is 2.27 bits per heavy atom. The molecule has 4 nitrogen and oxygen atoms in total. The average Bonchev–Trinajstić information content (AvgIpc) is 3.07. The first-order chi connectivity index (χ1) is 10.8. The molecule has 4 heteroatoms. The molecule has 0 N–H and O–H groups in total. The van der Waals surface area contributed by atoms with Crippen LogP contribution in [0.4, 0.5) is 0 Å². The number of furan rings is 1. The summed E-state index contributed by atoms with van der Waals surface area (Å²) in [7, 11) is 0. The van der Waals surface area contributed by atoms with E-state index in [1.54, 1.807) is 6.26 Å². The number of rotatable bonds is 2. The Kier molecular flexibility index (Phi) is 3.36. The molecule has 1 aromatic carbocycles. The smallest absolute Gasteiger partial charge is 0.123 e. The van der Waals surface area contributed by atoms with Gasteiger partial charge in [-0.3, -0.25) is 4.90 Å². The van der Waals surface area contributed by atoms with Gasteiger partial charge in [-0.25, -0.2) is 0 Å².